The Morgan fingerprint density at radius 1 is 1.40 bits per heavy atom. The highest BCUT2D eigenvalue weighted by Gasteiger charge is 2.03. The highest BCUT2D eigenvalue weighted by atomic mass is 16.4. The van der Waals surface area contributed by atoms with E-state index < -0.39 is 0 Å². The smallest absolute Gasteiger partial charge is 0.129 e. The first-order valence-electron chi connectivity index (χ1n) is 2.86. The lowest BCUT2D eigenvalue weighted by atomic mass is 9.97. The van der Waals surface area contributed by atoms with Crippen molar-refractivity contribution in [1.82, 2.24) is 0 Å². The van der Waals surface area contributed by atoms with Gasteiger partial charge in [-0.3, -0.25) is 0 Å². The van der Waals surface area contributed by atoms with E-state index in [9.17, 15) is 0 Å². The van der Waals surface area contributed by atoms with Crippen molar-refractivity contribution in [3.8, 4) is 0 Å². The number of rotatable bonds is 2. The SMILES string of the molecule is [B]c1cc(CO)oc1CO. The van der Waals surface area contributed by atoms with Gasteiger partial charge in [-0.2, -0.15) is 0 Å². The van der Waals surface area contributed by atoms with Crippen LogP contribution in [0.25, 0.3) is 0 Å². The summed E-state index contributed by atoms with van der Waals surface area (Å²) in [5.41, 5.74) is 0.381. The molecule has 2 radical (unpaired) electrons. The molecule has 1 aromatic heterocycles. The second kappa shape index (κ2) is 2.90. The lowest BCUT2D eigenvalue weighted by Gasteiger charge is -1.88. The molecule has 0 amide bonds. The number of aliphatic hydroxyl groups is 2. The lowest BCUT2D eigenvalue weighted by molar-refractivity contribution is 0.216. The Kier molecular flexibility index (Phi) is 2.14. The maximum absolute atomic E-state index is 8.57. The fraction of sp³-hybridized carbons (Fsp3) is 0.333. The minimum atomic E-state index is -0.230. The van der Waals surface area contributed by atoms with E-state index in [1.807, 2.05) is 0 Å². The predicted octanol–water partition coefficient (Wildman–Crippen LogP) is -0.942. The third-order valence-corrected chi connectivity index (χ3v) is 1.19. The van der Waals surface area contributed by atoms with E-state index in [0.29, 0.717) is 17.0 Å². The summed E-state index contributed by atoms with van der Waals surface area (Å²) in [5, 5.41) is 17.1. The van der Waals surface area contributed by atoms with E-state index in [0.717, 1.165) is 0 Å². The van der Waals surface area contributed by atoms with Gasteiger partial charge in [0.1, 0.15) is 32.6 Å². The van der Waals surface area contributed by atoms with Crippen LogP contribution in [-0.2, 0) is 13.2 Å². The van der Waals surface area contributed by atoms with Gasteiger partial charge in [0.05, 0.1) is 0 Å². The predicted molar refractivity (Wildman–Crippen MR) is 35.9 cm³/mol. The lowest BCUT2D eigenvalue weighted by Crippen LogP contribution is -2.04. The first-order valence-corrected chi connectivity index (χ1v) is 2.86. The molecule has 0 aliphatic rings. The van der Waals surface area contributed by atoms with Crippen molar-refractivity contribution in [2.45, 2.75) is 13.2 Å². The van der Waals surface area contributed by atoms with E-state index in [4.69, 9.17) is 22.5 Å². The van der Waals surface area contributed by atoms with Crippen LogP contribution in [0.2, 0.25) is 0 Å². The Hall–Kier alpha value is -0.735. The number of furan rings is 1. The molecule has 0 atom stereocenters. The average Bonchev–Trinajstić information content (AvgIpc) is 2.30. The van der Waals surface area contributed by atoms with Crippen LogP contribution in [0.5, 0.6) is 0 Å². The molecule has 0 aliphatic heterocycles. The van der Waals surface area contributed by atoms with E-state index in [2.05, 4.69) is 0 Å². The summed E-state index contributed by atoms with van der Waals surface area (Å²) in [6, 6.07) is 1.49. The third kappa shape index (κ3) is 1.22. The monoisotopic (exact) mass is 138 g/mol. The van der Waals surface area contributed by atoms with Gasteiger partial charge in [0.2, 0.25) is 0 Å². The van der Waals surface area contributed by atoms with Gasteiger partial charge in [0, 0.05) is 0 Å². The summed E-state index contributed by atoms with van der Waals surface area (Å²) in [6.45, 7) is -0.421. The van der Waals surface area contributed by atoms with Crippen LogP contribution >= 0.6 is 0 Å². The molecule has 1 rings (SSSR count). The topological polar surface area (TPSA) is 53.6 Å². The molecule has 0 aliphatic carbocycles. The molecule has 0 bridgehead atoms. The highest BCUT2D eigenvalue weighted by Crippen LogP contribution is 2.03. The van der Waals surface area contributed by atoms with Crippen LogP contribution in [0.4, 0.5) is 0 Å². The van der Waals surface area contributed by atoms with Gasteiger partial charge in [-0.1, -0.05) is 5.46 Å². The summed E-state index contributed by atoms with van der Waals surface area (Å²) < 4.78 is 4.89. The second-order valence-electron chi connectivity index (χ2n) is 1.91. The molecular formula is C6H7BO3. The molecule has 0 spiro atoms. The van der Waals surface area contributed by atoms with Crippen molar-refractivity contribution in [2.24, 2.45) is 0 Å². The minimum absolute atomic E-state index is 0.190. The first kappa shape index (κ1) is 7.37. The van der Waals surface area contributed by atoms with Gasteiger partial charge in [-0.15, -0.1) is 0 Å². The minimum Gasteiger partial charge on any atom is -0.462 e. The molecule has 1 heterocycles. The molecule has 3 nitrogen and oxygen atoms in total. The largest absolute Gasteiger partial charge is 0.462 e. The quantitative estimate of drug-likeness (QED) is 0.518. The zero-order chi connectivity index (χ0) is 7.56. The number of hydrogen-bond donors (Lipinski definition) is 2. The summed E-state index contributed by atoms with van der Waals surface area (Å²) in [4.78, 5) is 0. The molecule has 0 fully saturated rings. The fourth-order valence-corrected chi connectivity index (χ4v) is 0.702. The Morgan fingerprint density at radius 2 is 2.10 bits per heavy atom. The van der Waals surface area contributed by atoms with Crippen molar-refractivity contribution in [3.05, 3.63) is 17.6 Å². The van der Waals surface area contributed by atoms with Crippen LogP contribution in [0.3, 0.4) is 0 Å². The second-order valence-corrected chi connectivity index (χ2v) is 1.91. The number of hydrogen-bond acceptors (Lipinski definition) is 3. The molecule has 0 saturated heterocycles. The molecule has 52 valence electrons. The molecule has 0 aromatic carbocycles. The van der Waals surface area contributed by atoms with Crippen molar-refractivity contribution in [3.63, 3.8) is 0 Å². The standard InChI is InChI=1S/C6H7BO3/c7-5-1-4(2-8)10-6(5)3-9/h1,8-9H,2-3H2. The van der Waals surface area contributed by atoms with E-state index in [1.54, 1.807) is 0 Å². The van der Waals surface area contributed by atoms with E-state index >= 15 is 0 Å². The molecular weight excluding hydrogens is 131 g/mol. The van der Waals surface area contributed by atoms with E-state index in [1.165, 1.54) is 6.07 Å². The maximum atomic E-state index is 8.57. The summed E-state index contributed by atoms with van der Waals surface area (Å²) >= 11 is 0. The van der Waals surface area contributed by atoms with Gasteiger partial charge in [-0.05, 0) is 6.07 Å². The Morgan fingerprint density at radius 3 is 2.40 bits per heavy atom. The summed E-state index contributed by atoms with van der Waals surface area (Å²) in [5.74, 6) is 0.686. The normalized spacial score (nSPS) is 10.2. The molecule has 1 aromatic rings. The van der Waals surface area contributed by atoms with Crippen molar-refractivity contribution in [2.75, 3.05) is 0 Å². The van der Waals surface area contributed by atoms with Gasteiger partial charge in [0.15, 0.2) is 0 Å². The van der Waals surface area contributed by atoms with Gasteiger partial charge in [-0.25, -0.2) is 0 Å². The van der Waals surface area contributed by atoms with Crippen LogP contribution in [0.1, 0.15) is 11.5 Å². The first-order chi connectivity index (χ1) is 4.77. The Labute approximate surface area is 59.7 Å². The van der Waals surface area contributed by atoms with E-state index in [-0.39, 0.29) is 13.2 Å². The summed E-state index contributed by atoms with van der Waals surface area (Å²) in [7, 11) is 5.36. The molecule has 0 unspecified atom stereocenters. The maximum Gasteiger partial charge on any atom is 0.129 e. The molecule has 10 heavy (non-hydrogen) atoms. The van der Waals surface area contributed by atoms with Crippen molar-refractivity contribution >= 4 is 13.3 Å². The zero-order valence-corrected chi connectivity index (χ0v) is 5.37. The van der Waals surface area contributed by atoms with Gasteiger partial charge >= 0.3 is 0 Å². The van der Waals surface area contributed by atoms with Crippen molar-refractivity contribution < 1.29 is 14.6 Å². The third-order valence-electron chi connectivity index (χ3n) is 1.19. The van der Waals surface area contributed by atoms with Crippen molar-refractivity contribution in [1.29, 1.82) is 0 Å². The zero-order valence-electron chi connectivity index (χ0n) is 5.37. The number of aliphatic hydroxyl groups excluding tert-OH is 2. The molecule has 4 heteroatoms. The van der Waals surface area contributed by atoms with Crippen LogP contribution in [-0.4, -0.2) is 18.1 Å². The van der Waals surface area contributed by atoms with Crippen LogP contribution in [0, 0.1) is 0 Å². The van der Waals surface area contributed by atoms with Gasteiger partial charge < -0.3 is 14.6 Å². The van der Waals surface area contributed by atoms with Crippen LogP contribution in [0.15, 0.2) is 10.5 Å². The Balaban J connectivity index is 2.92. The average molecular weight is 138 g/mol. The Bertz CT molecular complexity index is 219. The van der Waals surface area contributed by atoms with Crippen LogP contribution < -0.4 is 5.46 Å². The highest BCUT2D eigenvalue weighted by molar-refractivity contribution is 6.33. The fourth-order valence-electron chi connectivity index (χ4n) is 0.702. The molecule has 2 N–H and O–H groups in total. The molecule has 0 saturated carbocycles. The summed E-state index contributed by atoms with van der Waals surface area (Å²) in [6.07, 6.45) is 0. The van der Waals surface area contributed by atoms with Gasteiger partial charge in [0.25, 0.3) is 0 Å².